The van der Waals surface area contributed by atoms with Crippen molar-refractivity contribution >= 4 is 0 Å². The topological polar surface area (TPSA) is 15.3 Å². The van der Waals surface area contributed by atoms with Gasteiger partial charge >= 0.3 is 0 Å². The molecule has 0 bridgehead atoms. The zero-order valence-electron chi connectivity index (χ0n) is 13.0. The summed E-state index contributed by atoms with van der Waals surface area (Å²) in [5.74, 6) is 1.82. The van der Waals surface area contributed by atoms with Gasteiger partial charge in [-0.15, -0.1) is 0 Å². The molecule has 1 aliphatic heterocycles. The van der Waals surface area contributed by atoms with Crippen LogP contribution in [-0.2, 0) is 0 Å². The van der Waals surface area contributed by atoms with Gasteiger partial charge in [0.15, 0.2) is 0 Å². The van der Waals surface area contributed by atoms with Gasteiger partial charge in [0.1, 0.15) is 0 Å². The van der Waals surface area contributed by atoms with Crippen LogP contribution in [0.2, 0.25) is 0 Å². The van der Waals surface area contributed by atoms with Crippen LogP contribution in [-0.4, -0.2) is 35.6 Å². The summed E-state index contributed by atoms with van der Waals surface area (Å²) < 4.78 is 0. The van der Waals surface area contributed by atoms with Crippen molar-refractivity contribution in [3.8, 4) is 0 Å². The maximum absolute atomic E-state index is 3.69. The molecular formula is C16H32N2. The van der Waals surface area contributed by atoms with Crippen LogP contribution in [0.25, 0.3) is 0 Å². The van der Waals surface area contributed by atoms with Crippen LogP contribution in [0.5, 0.6) is 0 Å². The van der Waals surface area contributed by atoms with E-state index in [1.54, 1.807) is 0 Å². The molecule has 2 aliphatic rings. The van der Waals surface area contributed by atoms with E-state index in [9.17, 15) is 0 Å². The monoisotopic (exact) mass is 252 g/mol. The average Bonchev–Trinajstić information content (AvgIpc) is 2.18. The molecule has 0 aromatic rings. The Hall–Kier alpha value is -0.0800. The lowest BCUT2D eigenvalue weighted by Gasteiger charge is -2.50. The quantitative estimate of drug-likeness (QED) is 0.829. The molecule has 0 radical (unpaired) electrons. The maximum Gasteiger partial charge on any atom is 0.0139 e. The number of likely N-dealkylation sites (tertiary alicyclic amines) is 1. The second-order valence-electron chi connectivity index (χ2n) is 7.75. The van der Waals surface area contributed by atoms with Crippen molar-refractivity contribution in [2.75, 3.05) is 13.1 Å². The highest BCUT2D eigenvalue weighted by Crippen LogP contribution is 2.36. The fourth-order valence-electron chi connectivity index (χ4n) is 3.58. The van der Waals surface area contributed by atoms with Crippen molar-refractivity contribution in [2.45, 2.75) is 77.9 Å². The highest BCUT2D eigenvalue weighted by atomic mass is 15.2. The molecule has 1 heterocycles. The van der Waals surface area contributed by atoms with Gasteiger partial charge in [0.25, 0.3) is 0 Å². The minimum absolute atomic E-state index is 0.266. The van der Waals surface area contributed by atoms with Crippen molar-refractivity contribution in [3.63, 3.8) is 0 Å². The summed E-state index contributed by atoms with van der Waals surface area (Å²) in [4.78, 5) is 2.80. The third-order valence-electron chi connectivity index (χ3n) is 4.89. The lowest BCUT2D eigenvalue weighted by Crippen LogP contribution is -2.56. The molecule has 18 heavy (non-hydrogen) atoms. The molecular weight excluding hydrogens is 220 g/mol. The van der Waals surface area contributed by atoms with E-state index in [1.165, 1.54) is 38.8 Å². The minimum Gasteiger partial charge on any atom is -0.312 e. The van der Waals surface area contributed by atoms with E-state index in [1.807, 2.05) is 0 Å². The van der Waals surface area contributed by atoms with Crippen molar-refractivity contribution in [3.05, 3.63) is 0 Å². The minimum atomic E-state index is 0.266. The van der Waals surface area contributed by atoms with Crippen LogP contribution in [0.4, 0.5) is 0 Å². The zero-order valence-corrected chi connectivity index (χ0v) is 13.0. The van der Waals surface area contributed by atoms with Gasteiger partial charge in [-0.05, 0) is 78.3 Å². The Morgan fingerprint density at radius 2 is 1.83 bits per heavy atom. The van der Waals surface area contributed by atoms with Crippen LogP contribution < -0.4 is 5.32 Å². The third-order valence-corrected chi connectivity index (χ3v) is 4.89. The highest BCUT2D eigenvalue weighted by molar-refractivity contribution is 4.94. The van der Waals surface area contributed by atoms with E-state index in [0.29, 0.717) is 0 Å². The predicted molar refractivity (Wildman–Crippen MR) is 78.8 cm³/mol. The van der Waals surface area contributed by atoms with E-state index >= 15 is 0 Å². The third kappa shape index (κ3) is 3.48. The van der Waals surface area contributed by atoms with E-state index in [-0.39, 0.29) is 5.54 Å². The fourth-order valence-corrected chi connectivity index (χ4v) is 3.58. The van der Waals surface area contributed by atoms with Crippen molar-refractivity contribution in [2.24, 2.45) is 11.8 Å². The van der Waals surface area contributed by atoms with Crippen LogP contribution in [0.3, 0.4) is 0 Å². The van der Waals surface area contributed by atoms with Crippen LogP contribution in [0.1, 0.15) is 60.3 Å². The summed E-state index contributed by atoms with van der Waals surface area (Å²) in [7, 11) is 0. The van der Waals surface area contributed by atoms with Crippen molar-refractivity contribution in [1.82, 2.24) is 10.2 Å². The summed E-state index contributed by atoms with van der Waals surface area (Å²) >= 11 is 0. The SMILES string of the molecule is CC1CCN(C2CCC2CNC(C)(C)C)C(C)C1. The Morgan fingerprint density at radius 1 is 1.11 bits per heavy atom. The number of nitrogens with one attached hydrogen (secondary N) is 1. The molecule has 1 saturated carbocycles. The van der Waals surface area contributed by atoms with Crippen molar-refractivity contribution in [1.29, 1.82) is 0 Å². The average molecular weight is 252 g/mol. The van der Waals surface area contributed by atoms with Gasteiger partial charge in [-0.25, -0.2) is 0 Å². The summed E-state index contributed by atoms with van der Waals surface area (Å²) in [6.45, 7) is 14.2. The molecule has 1 N–H and O–H groups in total. The first-order chi connectivity index (χ1) is 8.37. The molecule has 0 spiro atoms. The Bertz CT molecular complexity index is 269. The Balaban J connectivity index is 1.82. The van der Waals surface area contributed by atoms with E-state index in [4.69, 9.17) is 0 Å². The Kier molecular flexibility index (Phi) is 4.38. The smallest absolute Gasteiger partial charge is 0.0139 e. The molecule has 2 nitrogen and oxygen atoms in total. The van der Waals surface area contributed by atoms with E-state index in [0.717, 1.165) is 23.9 Å². The molecule has 0 amide bonds. The molecule has 1 saturated heterocycles. The number of nitrogens with zero attached hydrogens (tertiary/aromatic N) is 1. The number of piperidine rings is 1. The summed E-state index contributed by atoms with van der Waals surface area (Å²) in [5.41, 5.74) is 0.266. The second-order valence-corrected chi connectivity index (χ2v) is 7.75. The number of rotatable bonds is 3. The molecule has 2 rings (SSSR count). The largest absolute Gasteiger partial charge is 0.312 e. The van der Waals surface area contributed by atoms with E-state index < -0.39 is 0 Å². The van der Waals surface area contributed by atoms with Gasteiger partial charge < -0.3 is 5.32 Å². The Morgan fingerprint density at radius 3 is 2.33 bits per heavy atom. The Labute approximate surface area is 114 Å². The van der Waals surface area contributed by atoms with Gasteiger partial charge in [-0.3, -0.25) is 4.90 Å². The summed E-state index contributed by atoms with van der Waals surface area (Å²) in [5, 5.41) is 3.69. The normalized spacial score (nSPS) is 38.5. The fraction of sp³-hybridized carbons (Fsp3) is 1.00. The summed E-state index contributed by atoms with van der Waals surface area (Å²) in [6, 6.07) is 1.67. The molecule has 2 fully saturated rings. The van der Waals surface area contributed by atoms with Gasteiger partial charge in [-0.2, -0.15) is 0 Å². The maximum atomic E-state index is 3.69. The standard InChI is InChI=1S/C16H32N2/c1-12-8-9-18(13(2)10-12)15-7-6-14(15)11-17-16(3,4)5/h12-15,17H,6-11H2,1-5H3. The molecule has 4 atom stereocenters. The van der Waals surface area contributed by atoms with Crippen LogP contribution >= 0.6 is 0 Å². The van der Waals surface area contributed by atoms with E-state index in [2.05, 4.69) is 44.8 Å². The van der Waals surface area contributed by atoms with Crippen LogP contribution in [0, 0.1) is 11.8 Å². The number of hydrogen-bond acceptors (Lipinski definition) is 2. The zero-order chi connectivity index (χ0) is 13.3. The molecule has 0 aromatic heterocycles. The first-order valence-corrected chi connectivity index (χ1v) is 7.87. The molecule has 0 aromatic carbocycles. The van der Waals surface area contributed by atoms with Gasteiger partial charge in [-0.1, -0.05) is 6.92 Å². The lowest BCUT2D eigenvalue weighted by atomic mass is 9.76. The number of hydrogen-bond donors (Lipinski definition) is 1. The second kappa shape index (κ2) is 5.50. The van der Waals surface area contributed by atoms with Gasteiger partial charge in [0.2, 0.25) is 0 Å². The highest BCUT2D eigenvalue weighted by Gasteiger charge is 2.39. The van der Waals surface area contributed by atoms with Gasteiger partial charge in [0, 0.05) is 17.6 Å². The van der Waals surface area contributed by atoms with Gasteiger partial charge in [0.05, 0.1) is 0 Å². The summed E-state index contributed by atoms with van der Waals surface area (Å²) in [6.07, 6.45) is 5.65. The molecule has 1 aliphatic carbocycles. The van der Waals surface area contributed by atoms with Crippen LogP contribution in [0.15, 0.2) is 0 Å². The first kappa shape index (κ1) is 14.3. The predicted octanol–water partition coefficient (Wildman–Crippen LogP) is 3.27. The molecule has 106 valence electrons. The first-order valence-electron chi connectivity index (χ1n) is 7.87. The molecule has 2 heteroatoms. The lowest BCUT2D eigenvalue weighted by molar-refractivity contribution is 0.000309. The van der Waals surface area contributed by atoms with Crippen molar-refractivity contribution < 1.29 is 0 Å². The molecule has 4 unspecified atom stereocenters.